The van der Waals surface area contributed by atoms with Crippen molar-refractivity contribution in [2.45, 2.75) is 44.6 Å². The monoisotopic (exact) mass is 479 g/mol. The molecule has 2 heterocycles. The fourth-order valence-corrected chi connectivity index (χ4v) is 4.84. The van der Waals surface area contributed by atoms with Crippen LogP contribution in [0.3, 0.4) is 0 Å². The maximum atomic E-state index is 12.9. The third-order valence-electron chi connectivity index (χ3n) is 5.58. The van der Waals surface area contributed by atoms with Gasteiger partial charge in [-0.3, -0.25) is 10.1 Å². The average molecular weight is 480 g/mol. The smallest absolute Gasteiger partial charge is 0.338 e. The van der Waals surface area contributed by atoms with Gasteiger partial charge in [0.2, 0.25) is 11.1 Å². The minimum Gasteiger partial charge on any atom is -0.463 e. The summed E-state index contributed by atoms with van der Waals surface area (Å²) in [5, 5.41) is 19.7. The number of carbonyl (C=O) groups excluding carboxylic acids is 1. The van der Waals surface area contributed by atoms with Crippen molar-refractivity contribution >= 4 is 29.4 Å². The molecule has 1 aliphatic rings. The van der Waals surface area contributed by atoms with Gasteiger partial charge in [0.15, 0.2) is 0 Å². The van der Waals surface area contributed by atoms with Crippen LogP contribution in [0.15, 0.2) is 58.9 Å². The normalized spacial score (nSPS) is 15.0. The number of aromatic nitrogens is 3. The average Bonchev–Trinajstić information content (AvgIpc) is 3.20. The second kappa shape index (κ2) is 9.68. The lowest BCUT2D eigenvalue weighted by Gasteiger charge is -2.27. The molecule has 0 saturated carbocycles. The molecule has 0 fully saturated rings. The number of anilines is 1. The fourth-order valence-electron chi connectivity index (χ4n) is 3.93. The van der Waals surface area contributed by atoms with Gasteiger partial charge in [-0.2, -0.15) is 4.98 Å². The van der Waals surface area contributed by atoms with E-state index in [1.54, 1.807) is 30.7 Å². The first-order valence-electron chi connectivity index (χ1n) is 10.8. The summed E-state index contributed by atoms with van der Waals surface area (Å²) in [6.07, 6.45) is 0. The number of fused-ring (bicyclic) bond motifs is 1. The van der Waals surface area contributed by atoms with Gasteiger partial charge in [-0.05, 0) is 44.4 Å². The van der Waals surface area contributed by atoms with Gasteiger partial charge in [0.25, 0.3) is 5.69 Å². The summed E-state index contributed by atoms with van der Waals surface area (Å²) in [6, 6.07) is 11.8. The number of esters is 1. The highest BCUT2D eigenvalue weighted by atomic mass is 32.2. The zero-order valence-corrected chi connectivity index (χ0v) is 20.2. The minimum atomic E-state index is -0.710. The van der Waals surface area contributed by atoms with E-state index >= 15 is 0 Å². The number of nitrogens with one attached hydrogen (secondary N) is 1. The molecule has 3 aromatic rings. The second-order valence-corrected chi connectivity index (χ2v) is 8.96. The number of nitrogens with zero attached hydrogens (tertiary/aromatic N) is 4. The van der Waals surface area contributed by atoms with Crippen LogP contribution in [0, 0.1) is 24.0 Å². The first-order chi connectivity index (χ1) is 16.3. The molecule has 4 rings (SSSR count). The van der Waals surface area contributed by atoms with E-state index in [9.17, 15) is 14.9 Å². The molecule has 34 heavy (non-hydrogen) atoms. The lowest BCUT2D eigenvalue weighted by Crippen LogP contribution is -2.29. The number of ether oxygens (including phenoxy) is 1. The Morgan fingerprint density at radius 1 is 1.24 bits per heavy atom. The van der Waals surface area contributed by atoms with Crippen LogP contribution < -0.4 is 5.32 Å². The lowest BCUT2D eigenvalue weighted by atomic mass is 9.95. The number of carbonyl (C=O) groups is 1. The van der Waals surface area contributed by atoms with Gasteiger partial charge in [-0.15, -0.1) is 5.10 Å². The molecule has 0 aliphatic carbocycles. The minimum absolute atomic E-state index is 0.0667. The van der Waals surface area contributed by atoms with Gasteiger partial charge < -0.3 is 10.1 Å². The maximum Gasteiger partial charge on any atom is 0.338 e. The molecule has 176 valence electrons. The molecular weight excluding hydrogens is 454 g/mol. The van der Waals surface area contributed by atoms with Crippen LogP contribution in [-0.4, -0.2) is 32.3 Å². The molecule has 1 aromatic heterocycles. The molecule has 0 spiro atoms. The van der Waals surface area contributed by atoms with Crippen molar-refractivity contribution in [3.63, 3.8) is 0 Å². The van der Waals surface area contributed by atoms with Crippen molar-refractivity contribution in [3.05, 3.63) is 86.1 Å². The van der Waals surface area contributed by atoms with Crippen LogP contribution in [-0.2, 0) is 15.3 Å². The molecule has 0 amide bonds. The zero-order valence-electron chi connectivity index (χ0n) is 19.4. The lowest BCUT2D eigenvalue weighted by molar-refractivity contribution is -0.384. The Balaban J connectivity index is 1.72. The Kier molecular flexibility index (Phi) is 6.69. The van der Waals surface area contributed by atoms with E-state index in [2.05, 4.69) is 47.4 Å². The predicted molar refractivity (Wildman–Crippen MR) is 130 cm³/mol. The Hall–Kier alpha value is -3.66. The summed E-state index contributed by atoms with van der Waals surface area (Å²) in [6.45, 7) is 7.84. The molecule has 9 nitrogen and oxygen atoms in total. The fraction of sp³-hybridized carbons (Fsp3) is 0.292. The van der Waals surface area contributed by atoms with Crippen LogP contribution in [0.2, 0.25) is 0 Å². The van der Waals surface area contributed by atoms with Crippen LogP contribution in [0.4, 0.5) is 11.6 Å². The summed E-state index contributed by atoms with van der Waals surface area (Å²) in [7, 11) is 0. The standard InChI is InChI=1S/C24H25N5O4S/c1-5-33-22(30)20-16(4)25-23-26-24(34-13-18-10-9-14(2)11-15(18)3)27-28(23)21(20)17-7-6-8-19(12-17)29(31)32/h6-12,21H,5,13H2,1-4H3,(H,25,26,27)/t21-/m0/s1. The Morgan fingerprint density at radius 2 is 2.03 bits per heavy atom. The number of nitro groups is 1. The van der Waals surface area contributed by atoms with Gasteiger partial charge in [-0.1, -0.05) is 47.7 Å². The van der Waals surface area contributed by atoms with Crippen molar-refractivity contribution in [2.24, 2.45) is 0 Å². The van der Waals surface area contributed by atoms with Crippen LogP contribution in [0.5, 0.6) is 0 Å². The molecule has 0 bridgehead atoms. The number of benzene rings is 2. The van der Waals surface area contributed by atoms with Gasteiger partial charge in [0, 0.05) is 23.6 Å². The van der Waals surface area contributed by atoms with Crippen molar-refractivity contribution in [3.8, 4) is 0 Å². The number of nitro benzene ring substituents is 1. The van der Waals surface area contributed by atoms with Crippen molar-refractivity contribution in [1.82, 2.24) is 14.8 Å². The van der Waals surface area contributed by atoms with Crippen LogP contribution >= 0.6 is 11.8 Å². The molecular formula is C24H25N5O4S. The SMILES string of the molecule is CCOC(=O)C1=C(C)Nc2nc(SCc3ccc(C)cc3C)nn2[C@H]1c1cccc([N+](=O)[O-])c1. The Morgan fingerprint density at radius 3 is 2.74 bits per heavy atom. The molecule has 0 unspecified atom stereocenters. The second-order valence-electron chi connectivity index (χ2n) is 8.02. The van der Waals surface area contributed by atoms with Gasteiger partial charge >= 0.3 is 5.97 Å². The highest BCUT2D eigenvalue weighted by Gasteiger charge is 2.35. The molecule has 1 atom stereocenters. The van der Waals surface area contributed by atoms with E-state index in [0.717, 1.165) is 0 Å². The number of allylic oxidation sites excluding steroid dienone is 1. The van der Waals surface area contributed by atoms with Crippen LogP contribution in [0.1, 0.15) is 42.1 Å². The summed E-state index contributed by atoms with van der Waals surface area (Å²) in [4.78, 5) is 28.4. The molecule has 1 N–H and O–H groups in total. The van der Waals surface area contributed by atoms with E-state index in [4.69, 9.17) is 4.74 Å². The first kappa shape index (κ1) is 23.5. The summed E-state index contributed by atoms with van der Waals surface area (Å²) in [5.41, 5.74) is 4.99. The number of aryl methyl sites for hydroxylation is 2. The van der Waals surface area contributed by atoms with E-state index in [1.165, 1.54) is 40.6 Å². The quantitative estimate of drug-likeness (QED) is 0.219. The third kappa shape index (κ3) is 4.67. The molecule has 0 radical (unpaired) electrons. The topological polar surface area (TPSA) is 112 Å². The third-order valence-corrected chi connectivity index (χ3v) is 6.47. The number of non-ortho nitro benzene ring substituents is 1. The van der Waals surface area contributed by atoms with Gasteiger partial charge in [0.05, 0.1) is 17.1 Å². The zero-order chi connectivity index (χ0) is 24.4. The van der Waals surface area contributed by atoms with E-state index in [0.29, 0.717) is 33.7 Å². The number of thioether (sulfide) groups is 1. The predicted octanol–water partition coefficient (Wildman–Crippen LogP) is 4.95. The highest BCUT2D eigenvalue weighted by molar-refractivity contribution is 7.98. The van der Waals surface area contributed by atoms with Crippen LogP contribution in [0.25, 0.3) is 0 Å². The molecule has 1 aliphatic heterocycles. The Bertz CT molecular complexity index is 1300. The molecule has 0 saturated heterocycles. The van der Waals surface area contributed by atoms with Crippen molar-refractivity contribution < 1.29 is 14.5 Å². The maximum absolute atomic E-state index is 12.9. The van der Waals surface area contributed by atoms with Gasteiger partial charge in [-0.25, -0.2) is 9.48 Å². The van der Waals surface area contributed by atoms with Crippen molar-refractivity contribution in [1.29, 1.82) is 0 Å². The van der Waals surface area contributed by atoms with E-state index < -0.39 is 16.9 Å². The summed E-state index contributed by atoms with van der Waals surface area (Å²) in [5.74, 6) is 0.647. The number of hydrogen-bond donors (Lipinski definition) is 1. The van der Waals surface area contributed by atoms with E-state index in [-0.39, 0.29) is 12.3 Å². The molecule has 2 aromatic carbocycles. The van der Waals surface area contributed by atoms with Crippen molar-refractivity contribution in [2.75, 3.05) is 11.9 Å². The first-order valence-corrected chi connectivity index (χ1v) is 11.8. The summed E-state index contributed by atoms with van der Waals surface area (Å²) < 4.78 is 6.89. The number of hydrogen-bond acceptors (Lipinski definition) is 8. The van der Waals surface area contributed by atoms with Gasteiger partial charge in [0.1, 0.15) is 6.04 Å². The summed E-state index contributed by atoms with van der Waals surface area (Å²) >= 11 is 1.49. The molecule has 10 heteroatoms. The Labute approximate surface area is 201 Å². The van der Waals surface area contributed by atoms with E-state index in [1.807, 2.05) is 0 Å². The highest BCUT2D eigenvalue weighted by Crippen LogP contribution is 2.38. The number of rotatable bonds is 7. The largest absolute Gasteiger partial charge is 0.463 e.